The van der Waals surface area contributed by atoms with Crippen LogP contribution in [0.15, 0.2) is 16.6 Å². The van der Waals surface area contributed by atoms with Gasteiger partial charge in [-0.25, -0.2) is 0 Å². The number of rotatable bonds is 2. The maximum Gasteiger partial charge on any atom is 0.295 e. The summed E-state index contributed by atoms with van der Waals surface area (Å²) in [4.78, 5) is 23.6. The quantitative estimate of drug-likeness (QED) is 0.662. The van der Waals surface area contributed by atoms with Crippen molar-refractivity contribution in [3.05, 3.63) is 31.7 Å². The number of anilines is 1. The molecule has 2 N–H and O–H groups in total. The molecular weight excluding hydrogens is 325 g/mol. The highest BCUT2D eigenvalue weighted by atomic mass is 79.9. The van der Waals surface area contributed by atoms with Gasteiger partial charge in [0.2, 0.25) is 5.91 Å². The van der Waals surface area contributed by atoms with Crippen molar-refractivity contribution in [1.82, 2.24) is 0 Å². The average Bonchev–Trinajstić information content (AvgIpc) is 2.56. The van der Waals surface area contributed by atoms with Crippen molar-refractivity contribution in [3.8, 4) is 0 Å². The maximum absolute atomic E-state index is 11.8. The Morgan fingerprint density at radius 2 is 2.22 bits per heavy atom. The van der Waals surface area contributed by atoms with Crippen LogP contribution in [0.5, 0.6) is 0 Å². The zero-order valence-corrected chi connectivity index (χ0v) is 11.4. The molecule has 1 saturated heterocycles. The molecule has 1 atom stereocenters. The lowest BCUT2D eigenvalue weighted by molar-refractivity contribution is -0.384. The minimum Gasteiger partial charge on any atom is -0.326 e. The number of amides is 1. The Morgan fingerprint density at radius 3 is 2.72 bits per heavy atom. The summed E-state index contributed by atoms with van der Waals surface area (Å²) in [5.41, 5.74) is 5.68. The van der Waals surface area contributed by atoms with Crippen LogP contribution < -0.4 is 10.6 Å². The van der Waals surface area contributed by atoms with E-state index in [1.807, 2.05) is 0 Å². The van der Waals surface area contributed by atoms with E-state index in [9.17, 15) is 14.9 Å². The molecule has 18 heavy (non-hydrogen) atoms. The highest BCUT2D eigenvalue weighted by Gasteiger charge is 2.34. The maximum atomic E-state index is 11.8. The van der Waals surface area contributed by atoms with Crippen molar-refractivity contribution in [2.75, 3.05) is 11.4 Å². The van der Waals surface area contributed by atoms with Crippen molar-refractivity contribution in [1.29, 1.82) is 0 Å². The Hall–Kier alpha value is -1.18. The Labute approximate surface area is 116 Å². The van der Waals surface area contributed by atoms with Gasteiger partial charge in [-0.2, -0.15) is 0 Å². The van der Waals surface area contributed by atoms with Gasteiger partial charge in [0, 0.05) is 34.6 Å². The molecule has 0 bridgehead atoms. The zero-order valence-electron chi connectivity index (χ0n) is 9.10. The van der Waals surface area contributed by atoms with Gasteiger partial charge >= 0.3 is 0 Å². The van der Waals surface area contributed by atoms with Crippen molar-refractivity contribution in [2.45, 2.75) is 12.5 Å². The van der Waals surface area contributed by atoms with Crippen LogP contribution in [0.1, 0.15) is 6.42 Å². The van der Waals surface area contributed by atoms with E-state index in [2.05, 4.69) is 15.9 Å². The summed E-state index contributed by atoms with van der Waals surface area (Å²) < 4.78 is 0.407. The lowest BCUT2D eigenvalue weighted by Crippen LogP contribution is -2.28. The van der Waals surface area contributed by atoms with Crippen LogP contribution in [0.25, 0.3) is 0 Å². The lowest BCUT2D eigenvalue weighted by atomic mass is 10.2. The Kier molecular flexibility index (Phi) is 3.56. The first-order valence-electron chi connectivity index (χ1n) is 5.09. The first kappa shape index (κ1) is 13.3. The van der Waals surface area contributed by atoms with E-state index < -0.39 is 4.92 Å². The number of hydrogen-bond donors (Lipinski definition) is 1. The number of benzene rings is 1. The standard InChI is InChI=1S/C10H9BrClN3O3/c11-7-1-5(12)2-8(15(17)18)10(7)14-4-6(13)3-9(14)16/h1-2,6H,3-4,13H2. The van der Waals surface area contributed by atoms with E-state index in [1.54, 1.807) is 0 Å². The molecule has 1 amide bonds. The average molecular weight is 335 g/mol. The molecule has 0 saturated carbocycles. The summed E-state index contributed by atoms with van der Waals surface area (Å²) in [6, 6.07) is 2.43. The molecule has 1 aliphatic heterocycles. The molecule has 1 aliphatic rings. The van der Waals surface area contributed by atoms with Gasteiger partial charge < -0.3 is 10.6 Å². The summed E-state index contributed by atoms with van der Waals surface area (Å²) in [5.74, 6) is -0.228. The van der Waals surface area contributed by atoms with Crippen LogP contribution >= 0.6 is 27.5 Å². The number of carbonyl (C=O) groups is 1. The fourth-order valence-corrected chi connectivity index (χ4v) is 2.92. The third-order valence-electron chi connectivity index (χ3n) is 2.63. The third kappa shape index (κ3) is 2.33. The summed E-state index contributed by atoms with van der Waals surface area (Å²) in [6.45, 7) is 0.264. The second-order valence-corrected chi connectivity index (χ2v) is 5.27. The molecule has 96 valence electrons. The van der Waals surface area contributed by atoms with Gasteiger partial charge in [0.15, 0.2) is 0 Å². The van der Waals surface area contributed by atoms with Crippen LogP contribution in [0, 0.1) is 10.1 Å². The van der Waals surface area contributed by atoms with Crippen LogP contribution in [0.3, 0.4) is 0 Å². The molecule has 0 radical (unpaired) electrons. The summed E-state index contributed by atoms with van der Waals surface area (Å²) in [5, 5.41) is 11.3. The Morgan fingerprint density at radius 1 is 1.56 bits per heavy atom. The van der Waals surface area contributed by atoms with E-state index in [4.69, 9.17) is 17.3 Å². The minimum atomic E-state index is -0.566. The van der Waals surface area contributed by atoms with Crippen molar-refractivity contribution < 1.29 is 9.72 Å². The number of nitrogens with two attached hydrogens (primary N) is 1. The Bertz CT molecular complexity index is 537. The number of halogens is 2. The summed E-state index contributed by atoms with van der Waals surface area (Å²) >= 11 is 8.98. The molecule has 8 heteroatoms. The van der Waals surface area contributed by atoms with Crippen molar-refractivity contribution in [3.63, 3.8) is 0 Å². The molecule has 1 aromatic rings. The highest BCUT2D eigenvalue weighted by molar-refractivity contribution is 9.10. The molecule has 1 unspecified atom stereocenters. The van der Waals surface area contributed by atoms with Crippen molar-refractivity contribution in [2.24, 2.45) is 5.73 Å². The normalized spacial score (nSPS) is 19.4. The van der Waals surface area contributed by atoms with Gasteiger partial charge in [-0.1, -0.05) is 11.6 Å². The molecule has 1 aromatic carbocycles. The molecule has 2 rings (SSSR count). The number of carbonyl (C=O) groups excluding carboxylic acids is 1. The van der Waals surface area contributed by atoms with E-state index >= 15 is 0 Å². The minimum absolute atomic E-state index is 0.187. The van der Waals surface area contributed by atoms with Gasteiger partial charge in [-0.05, 0) is 22.0 Å². The second-order valence-electron chi connectivity index (χ2n) is 3.98. The predicted molar refractivity (Wildman–Crippen MR) is 70.8 cm³/mol. The van der Waals surface area contributed by atoms with Crippen molar-refractivity contribution >= 4 is 44.8 Å². The molecule has 0 aromatic heterocycles. The summed E-state index contributed by atoms with van der Waals surface area (Å²) in [6.07, 6.45) is 0.187. The van der Waals surface area contributed by atoms with Crippen LogP contribution in [-0.2, 0) is 4.79 Å². The summed E-state index contributed by atoms with van der Waals surface area (Å²) in [7, 11) is 0. The van der Waals surface area contributed by atoms with Crippen LogP contribution in [-0.4, -0.2) is 23.4 Å². The van der Waals surface area contributed by atoms with E-state index in [-0.39, 0.29) is 41.3 Å². The molecule has 1 heterocycles. The number of nitrogens with zero attached hydrogens (tertiary/aromatic N) is 2. The van der Waals surface area contributed by atoms with Gasteiger partial charge in [0.05, 0.1) is 4.92 Å². The molecule has 1 fully saturated rings. The third-order valence-corrected chi connectivity index (χ3v) is 3.45. The fraction of sp³-hybridized carbons (Fsp3) is 0.300. The first-order chi connectivity index (χ1) is 8.40. The SMILES string of the molecule is NC1CC(=O)N(c2c(Br)cc(Cl)cc2[N+](=O)[O-])C1. The zero-order chi connectivity index (χ0) is 13.4. The molecule has 0 spiro atoms. The largest absolute Gasteiger partial charge is 0.326 e. The lowest BCUT2D eigenvalue weighted by Gasteiger charge is -2.17. The van der Waals surface area contributed by atoms with E-state index in [0.29, 0.717) is 4.47 Å². The van der Waals surface area contributed by atoms with Gasteiger partial charge in [-0.15, -0.1) is 0 Å². The fourth-order valence-electron chi connectivity index (χ4n) is 1.91. The molecule has 0 aliphatic carbocycles. The van der Waals surface area contributed by atoms with E-state index in [0.717, 1.165) is 0 Å². The second kappa shape index (κ2) is 4.83. The number of hydrogen-bond acceptors (Lipinski definition) is 4. The van der Waals surface area contributed by atoms with Gasteiger partial charge in [-0.3, -0.25) is 14.9 Å². The van der Waals surface area contributed by atoms with Crippen LogP contribution in [0.2, 0.25) is 5.02 Å². The number of nitro groups is 1. The smallest absolute Gasteiger partial charge is 0.295 e. The predicted octanol–water partition coefficient (Wildman–Crippen LogP) is 2.07. The molecule has 6 nitrogen and oxygen atoms in total. The Balaban J connectivity index is 2.56. The van der Waals surface area contributed by atoms with Crippen LogP contribution in [0.4, 0.5) is 11.4 Å². The van der Waals surface area contributed by atoms with Gasteiger partial charge in [0.1, 0.15) is 5.69 Å². The monoisotopic (exact) mass is 333 g/mol. The number of nitro benzene ring substituents is 1. The first-order valence-corrected chi connectivity index (χ1v) is 6.26. The van der Waals surface area contributed by atoms with E-state index in [1.165, 1.54) is 17.0 Å². The molecular formula is C10H9BrClN3O3. The van der Waals surface area contributed by atoms with Gasteiger partial charge in [0.25, 0.3) is 5.69 Å². The topological polar surface area (TPSA) is 89.5 Å². The highest BCUT2D eigenvalue weighted by Crippen LogP contribution is 2.40.